The predicted molar refractivity (Wildman–Crippen MR) is 120 cm³/mol. The van der Waals surface area contributed by atoms with Gasteiger partial charge in [-0.15, -0.1) is 11.8 Å². The van der Waals surface area contributed by atoms with Crippen molar-refractivity contribution >= 4 is 40.9 Å². The van der Waals surface area contributed by atoms with Gasteiger partial charge in [0.15, 0.2) is 0 Å². The molecule has 4 aliphatic rings. The first kappa shape index (κ1) is 21.0. The number of nitrogens with one attached hydrogen (secondary N) is 1. The molecule has 3 fully saturated rings. The molecule has 2 aliphatic heterocycles. The summed E-state index contributed by atoms with van der Waals surface area (Å²) in [6.45, 7) is 0.141. The van der Waals surface area contributed by atoms with E-state index in [9.17, 15) is 24.3 Å². The molecule has 8 nitrogen and oxygen atoms in total. The fourth-order valence-corrected chi connectivity index (χ4v) is 9.67. The van der Waals surface area contributed by atoms with Gasteiger partial charge in [-0.05, 0) is 36.7 Å². The molecule has 0 spiro atoms. The number of imide groups is 1. The number of amides is 2. The number of benzene rings is 1. The van der Waals surface area contributed by atoms with E-state index in [0.29, 0.717) is 0 Å². The number of para-hydroxylation sites is 1. The zero-order valence-electron chi connectivity index (χ0n) is 17.5. The van der Waals surface area contributed by atoms with Crippen molar-refractivity contribution in [2.75, 3.05) is 6.54 Å². The molecule has 6 unspecified atom stereocenters. The number of aromatic amines is 1. The van der Waals surface area contributed by atoms with E-state index in [1.54, 1.807) is 23.9 Å². The van der Waals surface area contributed by atoms with Crippen molar-refractivity contribution in [3.63, 3.8) is 0 Å². The van der Waals surface area contributed by atoms with Crippen LogP contribution in [0.15, 0.2) is 34.1 Å². The van der Waals surface area contributed by atoms with Crippen LogP contribution in [0.5, 0.6) is 5.75 Å². The fraction of sp³-hybridized carbons (Fsp3) is 0.478. The van der Waals surface area contributed by atoms with Crippen LogP contribution in [-0.4, -0.2) is 49.7 Å². The van der Waals surface area contributed by atoms with Gasteiger partial charge >= 0.3 is 10.8 Å². The lowest BCUT2D eigenvalue weighted by atomic mass is 9.68. The SMILES string of the molecule is O=C(O)CCCN1C(=O)C2C3CC(C2C1=O)C1C3Sc2[nH]c(=O)sc2[C@@H]1c1ccccc1O. The average molecular weight is 487 g/mol. The number of hydrogen-bond donors (Lipinski definition) is 3. The van der Waals surface area contributed by atoms with E-state index in [0.717, 1.165) is 33.2 Å². The number of H-pyrrole nitrogens is 1. The Bertz CT molecular complexity index is 1240. The van der Waals surface area contributed by atoms with Crippen LogP contribution in [0, 0.1) is 29.6 Å². The molecule has 10 heteroatoms. The fourth-order valence-electron chi connectivity index (χ4n) is 6.79. The van der Waals surface area contributed by atoms with Crippen LogP contribution in [-0.2, 0) is 14.4 Å². The molecule has 3 heterocycles. The van der Waals surface area contributed by atoms with Crippen LogP contribution < -0.4 is 4.87 Å². The maximum absolute atomic E-state index is 13.3. The van der Waals surface area contributed by atoms with Gasteiger partial charge in [0, 0.05) is 34.6 Å². The second-order valence-corrected chi connectivity index (χ2v) is 11.5. The monoisotopic (exact) mass is 486 g/mol. The minimum Gasteiger partial charge on any atom is -0.508 e. The lowest BCUT2D eigenvalue weighted by Crippen LogP contribution is -2.42. The number of thiazole rings is 1. The van der Waals surface area contributed by atoms with Gasteiger partial charge in [0.2, 0.25) is 11.8 Å². The second-order valence-electron chi connectivity index (χ2n) is 9.34. The summed E-state index contributed by atoms with van der Waals surface area (Å²) in [7, 11) is 0. The number of thioether (sulfide) groups is 1. The standard InChI is InChI=1S/C23H22N2O6S2/c26-12-5-2-1-4-9(12)14-15-10-8-11(18(15)32-20-19(14)33-23(31)24-20)17-16(10)21(29)25(22(17)30)7-3-6-13(27)28/h1-2,4-5,10-11,14-18,26H,3,6-8H2,(H,24,31)(H,27,28)/t10?,11?,14-,15?,16?,17?,18?/m1/s1. The summed E-state index contributed by atoms with van der Waals surface area (Å²) >= 11 is 2.76. The van der Waals surface area contributed by atoms with Crippen molar-refractivity contribution in [3.8, 4) is 5.75 Å². The molecule has 0 radical (unpaired) electrons. The summed E-state index contributed by atoms with van der Waals surface area (Å²) in [5.74, 6) is -2.10. The zero-order chi connectivity index (χ0) is 23.0. The Morgan fingerprint density at radius 3 is 2.58 bits per heavy atom. The number of rotatable bonds is 5. The summed E-state index contributed by atoms with van der Waals surface area (Å²) < 4.78 is 0. The maximum atomic E-state index is 13.3. The number of aromatic hydroxyl groups is 1. The predicted octanol–water partition coefficient (Wildman–Crippen LogP) is 2.48. The molecule has 1 aromatic carbocycles. The first-order chi connectivity index (χ1) is 15.9. The number of carboxylic acids is 1. The summed E-state index contributed by atoms with van der Waals surface area (Å²) in [6, 6.07) is 7.15. The number of phenolic OH excluding ortho intramolecular Hbond substituents is 1. The number of carboxylic acid groups (broad SMARTS) is 1. The molecule has 3 N–H and O–H groups in total. The van der Waals surface area contributed by atoms with Crippen molar-refractivity contribution in [1.29, 1.82) is 0 Å². The Balaban J connectivity index is 1.39. The van der Waals surface area contributed by atoms with E-state index in [4.69, 9.17) is 5.11 Å². The van der Waals surface area contributed by atoms with Gasteiger partial charge in [0.1, 0.15) is 5.75 Å². The number of nitrogens with zero attached hydrogens (tertiary/aromatic N) is 1. The summed E-state index contributed by atoms with van der Waals surface area (Å²) in [5, 5.41) is 20.5. The molecule has 2 aromatic rings. The van der Waals surface area contributed by atoms with Crippen molar-refractivity contribution < 1.29 is 24.6 Å². The molecule has 33 heavy (non-hydrogen) atoms. The highest BCUT2D eigenvalue weighted by atomic mass is 32.2. The Morgan fingerprint density at radius 1 is 1.12 bits per heavy atom. The third-order valence-electron chi connectivity index (χ3n) is 7.86. The highest BCUT2D eigenvalue weighted by molar-refractivity contribution is 8.00. The number of fused-ring (bicyclic) bond motifs is 9. The van der Waals surface area contributed by atoms with Gasteiger partial charge in [-0.25, -0.2) is 0 Å². The minimum atomic E-state index is -0.942. The maximum Gasteiger partial charge on any atom is 0.305 e. The molecule has 1 aromatic heterocycles. The summed E-state index contributed by atoms with van der Waals surface area (Å²) in [5.41, 5.74) is 0.753. The van der Waals surface area contributed by atoms with Crippen LogP contribution in [0.25, 0.3) is 0 Å². The highest BCUT2D eigenvalue weighted by Crippen LogP contribution is 2.68. The van der Waals surface area contributed by atoms with E-state index in [1.807, 2.05) is 12.1 Å². The number of carbonyl (C=O) groups excluding carboxylic acids is 2. The third kappa shape index (κ3) is 2.96. The molecule has 172 valence electrons. The average Bonchev–Trinajstić information content (AvgIpc) is 3.49. The molecular weight excluding hydrogens is 464 g/mol. The number of hydrogen-bond acceptors (Lipinski definition) is 7. The van der Waals surface area contributed by atoms with Gasteiger partial charge in [0.05, 0.1) is 16.9 Å². The van der Waals surface area contributed by atoms with Crippen molar-refractivity contribution in [2.24, 2.45) is 29.6 Å². The summed E-state index contributed by atoms with van der Waals surface area (Å²) in [4.78, 5) is 54.7. The lowest BCUT2D eigenvalue weighted by molar-refractivity contribution is -0.142. The smallest absolute Gasteiger partial charge is 0.305 e. The van der Waals surface area contributed by atoms with Gasteiger partial charge in [-0.3, -0.25) is 24.1 Å². The Labute approximate surface area is 197 Å². The van der Waals surface area contributed by atoms with E-state index in [2.05, 4.69) is 4.98 Å². The minimum absolute atomic E-state index is 0.0147. The Kier molecular flexibility index (Phi) is 4.74. The summed E-state index contributed by atoms with van der Waals surface area (Å²) in [6.07, 6.45) is 0.951. The van der Waals surface area contributed by atoms with Crippen LogP contribution in [0.1, 0.15) is 35.6 Å². The first-order valence-electron chi connectivity index (χ1n) is 11.1. The first-order valence-corrected chi connectivity index (χ1v) is 12.8. The molecule has 2 bridgehead atoms. The lowest BCUT2D eigenvalue weighted by Gasteiger charge is -2.43. The van der Waals surface area contributed by atoms with Gasteiger partial charge in [-0.1, -0.05) is 29.5 Å². The molecular formula is C23H22N2O6S2. The molecule has 2 amide bonds. The topological polar surface area (TPSA) is 128 Å². The normalized spacial score (nSPS) is 33.8. The largest absolute Gasteiger partial charge is 0.508 e. The Hall–Kier alpha value is -2.59. The van der Waals surface area contributed by atoms with E-state index in [1.165, 1.54) is 4.90 Å². The van der Waals surface area contributed by atoms with Gasteiger partial charge in [0.25, 0.3) is 0 Å². The van der Waals surface area contributed by atoms with Gasteiger partial charge in [-0.2, -0.15) is 0 Å². The van der Waals surface area contributed by atoms with E-state index < -0.39 is 11.9 Å². The number of aliphatic carboxylic acids is 1. The quantitative estimate of drug-likeness (QED) is 0.554. The number of carbonyl (C=O) groups is 3. The zero-order valence-corrected chi connectivity index (χ0v) is 19.1. The van der Waals surface area contributed by atoms with E-state index in [-0.39, 0.29) is 76.7 Å². The van der Waals surface area contributed by atoms with Crippen LogP contribution in [0.4, 0.5) is 0 Å². The molecule has 6 rings (SSSR count). The number of phenols is 1. The second kappa shape index (κ2) is 7.46. The van der Waals surface area contributed by atoms with Crippen LogP contribution in [0.2, 0.25) is 0 Å². The van der Waals surface area contributed by atoms with Crippen molar-refractivity contribution in [1.82, 2.24) is 9.88 Å². The number of likely N-dealkylation sites (tertiary alicyclic amines) is 1. The molecule has 7 atom stereocenters. The highest BCUT2D eigenvalue weighted by Gasteiger charge is 2.69. The van der Waals surface area contributed by atoms with Crippen LogP contribution in [0.3, 0.4) is 0 Å². The third-order valence-corrected chi connectivity index (χ3v) is 10.4. The van der Waals surface area contributed by atoms with Crippen molar-refractivity contribution in [2.45, 2.75) is 35.5 Å². The number of aromatic nitrogens is 1. The van der Waals surface area contributed by atoms with Gasteiger partial charge < -0.3 is 15.2 Å². The van der Waals surface area contributed by atoms with Crippen LogP contribution >= 0.6 is 23.1 Å². The van der Waals surface area contributed by atoms with E-state index >= 15 is 0 Å². The molecule has 1 saturated heterocycles. The van der Waals surface area contributed by atoms with Crippen molar-refractivity contribution in [3.05, 3.63) is 44.4 Å². The molecule has 2 saturated carbocycles. The molecule has 2 aliphatic carbocycles. The Morgan fingerprint density at radius 2 is 1.85 bits per heavy atom.